The van der Waals surface area contributed by atoms with Crippen molar-refractivity contribution in [3.05, 3.63) is 29.3 Å². The second-order valence-corrected chi connectivity index (χ2v) is 3.95. The first-order valence-corrected chi connectivity index (χ1v) is 5.79. The molecule has 0 aliphatic heterocycles. The van der Waals surface area contributed by atoms with E-state index in [1.165, 1.54) is 0 Å². The highest BCUT2D eigenvalue weighted by Gasteiger charge is 2.11. The number of aromatic nitrogens is 4. The Hall–Kier alpha value is -2.08. The molecule has 2 rings (SSSR count). The summed E-state index contributed by atoms with van der Waals surface area (Å²) in [6, 6.07) is 1.79. The number of rotatable bonds is 3. The molecule has 0 fully saturated rings. The molecule has 0 aliphatic carbocycles. The summed E-state index contributed by atoms with van der Waals surface area (Å²) < 4.78 is 0. The molecule has 3 N–H and O–H groups in total. The van der Waals surface area contributed by atoms with Crippen LogP contribution in [0.2, 0.25) is 0 Å². The Kier molecular flexibility index (Phi) is 3.47. The summed E-state index contributed by atoms with van der Waals surface area (Å²) in [5.41, 5.74) is 5.25. The Labute approximate surface area is 106 Å². The van der Waals surface area contributed by atoms with Gasteiger partial charge in [-0.25, -0.2) is 25.8 Å². The van der Waals surface area contributed by atoms with Crippen molar-refractivity contribution < 1.29 is 0 Å². The lowest BCUT2D eigenvalue weighted by atomic mass is 10.1. The molecule has 0 bridgehead atoms. The van der Waals surface area contributed by atoms with Gasteiger partial charge in [-0.1, -0.05) is 6.92 Å². The van der Waals surface area contributed by atoms with Crippen molar-refractivity contribution in [1.29, 1.82) is 0 Å². The van der Waals surface area contributed by atoms with Gasteiger partial charge in [0.05, 0.1) is 0 Å². The molecule has 0 saturated heterocycles. The van der Waals surface area contributed by atoms with Gasteiger partial charge in [0, 0.05) is 17.5 Å². The molecule has 2 aromatic heterocycles. The van der Waals surface area contributed by atoms with E-state index < -0.39 is 0 Å². The highest BCUT2D eigenvalue weighted by atomic mass is 15.3. The summed E-state index contributed by atoms with van der Waals surface area (Å²) >= 11 is 0. The molecule has 94 valence electrons. The van der Waals surface area contributed by atoms with E-state index in [0.29, 0.717) is 23.2 Å². The number of anilines is 1. The van der Waals surface area contributed by atoms with Crippen LogP contribution in [-0.4, -0.2) is 19.9 Å². The van der Waals surface area contributed by atoms with Crippen LogP contribution < -0.4 is 11.3 Å². The van der Waals surface area contributed by atoms with Crippen molar-refractivity contribution in [2.45, 2.75) is 27.2 Å². The summed E-state index contributed by atoms with van der Waals surface area (Å²) in [5, 5.41) is 0. The molecule has 0 unspecified atom stereocenters. The van der Waals surface area contributed by atoms with Crippen LogP contribution >= 0.6 is 0 Å². The molecule has 0 aliphatic rings. The van der Waals surface area contributed by atoms with Gasteiger partial charge in [-0.2, -0.15) is 0 Å². The molecule has 0 radical (unpaired) electrons. The molecule has 0 amide bonds. The van der Waals surface area contributed by atoms with Gasteiger partial charge in [-0.15, -0.1) is 0 Å². The van der Waals surface area contributed by atoms with Gasteiger partial charge in [0.25, 0.3) is 0 Å². The second kappa shape index (κ2) is 5.05. The summed E-state index contributed by atoms with van der Waals surface area (Å²) in [5.74, 6) is 7.40. The van der Waals surface area contributed by atoms with Crippen molar-refractivity contribution >= 4 is 5.82 Å². The summed E-state index contributed by atoms with van der Waals surface area (Å²) in [6.45, 7) is 5.82. The first kappa shape index (κ1) is 12.4. The minimum absolute atomic E-state index is 0.558. The van der Waals surface area contributed by atoms with E-state index in [4.69, 9.17) is 5.84 Å². The maximum Gasteiger partial charge on any atom is 0.180 e. The maximum atomic E-state index is 5.50. The Balaban J connectivity index is 2.56. The molecule has 0 atom stereocenters. The van der Waals surface area contributed by atoms with Crippen molar-refractivity contribution in [1.82, 2.24) is 19.9 Å². The Morgan fingerprint density at radius 2 is 2.00 bits per heavy atom. The average molecular weight is 244 g/mol. The molecule has 18 heavy (non-hydrogen) atoms. The predicted octanol–water partition coefficient (Wildman–Crippen LogP) is 1.40. The summed E-state index contributed by atoms with van der Waals surface area (Å²) in [6.07, 6.45) is 2.52. The molecule has 6 nitrogen and oxygen atoms in total. The zero-order valence-electron chi connectivity index (χ0n) is 10.7. The van der Waals surface area contributed by atoms with E-state index in [1.54, 1.807) is 12.3 Å². The molecule has 0 spiro atoms. The zero-order chi connectivity index (χ0) is 13.1. The number of nitrogens with one attached hydrogen (secondary N) is 1. The number of hydrazine groups is 1. The minimum Gasteiger partial charge on any atom is -0.308 e. The van der Waals surface area contributed by atoms with Crippen molar-refractivity contribution in [3.8, 4) is 11.5 Å². The van der Waals surface area contributed by atoms with Crippen molar-refractivity contribution in [3.63, 3.8) is 0 Å². The largest absolute Gasteiger partial charge is 0.308 e. The third-order valence-corrected chi connectivity index (χ3v) is 2.71. The van der Waals surface area contributed by atoms with E-state index in [-0.39, 0.29) is 0 Å². The zero-order valence-corrected chi connectivity index (χ0v) is 10.7. The molecular weight excluding hydrogens is 228 g/mol. The molecule has 2 aromatic rings. The van der Waals surface area contributed by atoms with Crippen LogP contribution in [0.3, 0.4) is 0 Å². The number of hydrogen-bond acceptors (Lipinski definition) is 6. The van der Waals surface area contributed by atoms with Gasteiger partial charge in [0.15, 0.2) is 5.82 Å². The summed E-state index contributed by atoms with van der Waals surface area (Å²) in [7, 11) is 0. The Bertz CT molecular complexity index is 566. The minimum atomic E-state index is 0.558. The third kappa shape index (κ3) is 2.28. The first-order valence-electron chi connectivity index (χ1n) is 5.79. The van der Waals surface area contributed by atoms with Gasteiger partial charge < -0.3 is 5.43 Å². The molecule has 6 heteroatoms. The molecule has 0 saturated carbocycles. The molecular formula is C12H16N6. The fourth-order valence-electron chi connectivity index (χ4n) is 1.83. The lowest BCUT2D eigenvalue weighted by Gasteiger charge is -2.11. The number of nitrogen functional groups attached to an aromatic ring is 1. The van der Waals surface area contributed by atoms with Crippen LogP contribution in [-0.2, 0) is 6.42 Å². The Morgan fingerprint density at radius 1 is 1.22 bits per heavy atom. The normalized spacial score (nSPS) is 10.4. The SMILES string of the molecule is CCc1c(C)nc(-c2ccnc(C)n2)nc1NN. The van der Waals surface area contributed by atoms with E-state index in [2.05, 4.69) is 25.4 Å². The molecule has 0 aromatic carbocycles. The topological polar surface area (TPSA) is 89.6 Å². The van der Waals surface area contributed by atoms with Gasteiger partial charge in [0.2, 0.25) is 0 Å². The molecule has 2 heterocycles. The monoisotopic (exact) mass is 244 g/mol. The standard InChI is InChI=1S/C12H16N6/c1-4-9-7(2)15-12(17-11(9)18-13)10-5-6-14-8(3)16-10/h5-6H,4,13H2,1-3H3,(H,15,17,18). The number of nitrogens with zero attached hydrogens (tertiary/aromatic N) is 4. The number of hydrogen-bond donors (Lipinski definition) is 2. The van der Waals surface area contributed by atoms with Crippen LogP contribution in [0.1, 0.15) is 24.0 Å². The van der Waals surface area contributed by atoms with E-state index in [1.807, 2.05) is 20.8 Å². The van der Waals surface area contributed by atoms with Crippen molar-refractivity contribution in [2.75, 3.05) is 5.43 Å². The van der Waals surface area contributed by atoms with E-state index >= 15 is 0 Å². The van der Waals surface area contributed by atoms with Gasteiger partial charge in [0.1, 0.15) is 17.3 Å². The lowest BCUT2D eigenvalue weighted by molar-refractivity contribution is 0.975. The maximum absolute atomic E-state index is 5.50. The van der Waals surface area contributed by atoms with E-state index in [9.17, 15) is 0 Å². The highest BCUT2D eigenvalue weighted by molar-refractivity contribution is 5.56. The van der Waals surface area contributed by atoms with Crippen LogP contribution in [0.4, 0.5) is 5.82 Å². The van der Waals surface area contributed by atoms with Gasteiger partial charge in [-0.3, -0.25) is 0 Å². The second-order valence-electron chi connectivity index (χ2n) is 3.95. The van der Waals surface area contributed by atoms with Crippen LogP contribution in [0.25, 0.3) is 11.5 Å². The summed E-state index contributed by atoms with van der Waals surface area (Å²) in [4.78, 5) is 17.2. The van der Waals surface area contributed by atoms with Crippen LogP contribution in [0.5, 0.6) is 0 Å². The lowest BCUT2D eigenvalue weighted by Crippen LogP contribution is -2.14. The average Bonchev–Trinajstić information content (AvgIpc) is 2.37. The number of aryl methyl sites for hydroxylation is 2. The predicted molar refractivity (Wildman–Crippen MR) is 69.7 cm³/mol. The first-order chi connectivity index (χ1) is 8.65. The highest BCUT2D eigenvalue weighted by Crippen LogP contribution is 2.20. The fourth-order valence-corrected chi connectivity index (χ4v) is 1.83. The van der Waals surface area contributed by atoms with Crippen LogP contribution in [0.15, 0.2) is 12.3 Å². The van der Waals surface area contributed by atoms with Crippen LogP contribution in [0, 0.1) is 13.8 Å². The quantitative estimate of drug-likeness (QED) is 0.626. The number of nitrogens with two attached hydrogens (primary N) is 1. The van der Waals surface area contributed by atoms with Gasteiger partial charge in [-0.05, 0) is 26.3 Å². The van der Waals surface area contributed by atoms with E-state index in [0.717, 1.165) is 17.7 Å². The Morgan fingerprint density at radius 3 is 2.61 bits per heavy atom. The third-order valence-electron chi connectivity index (χ3n) is 2.71. The van der Waals surface area contributed by atoms with Gasteiger partial charge >= 0.3 is 0 Å². The fraction of sp³-hybridized carbons (Fsp3) is 0.333. The van der Waals surface area contributed by atoms with Crippen molar-refractivity contribution in [2.24, 2.45) is 5.84 Å². The smallest absolute Gasteiger partial charge is 0.180 e.